The van der Waals surface area contributed by atoms with Crippen LogP contribution in [-0.4, -0.2) is 61.3 Å². The molecule has 2 aliphatic rings. The highest BCUT2D eigenvalue weighted by molar-refractivity contribution is 5.46. The highest BCUT2D eigenvalue weighted by Gasteiger charge is 2.24. The molecule has 0 radical (unpaired) electrons. The van der Waals surface area contributed by atoms with Crippen LogP contribution in [0, 0.1) is 5.92 Å². The van der Waals surface area contributed by atoms with Crippen LogP contribution in [0.5, 0.6) is 0 Å². The molecule has 1 aromatic rings. The molecule has 0 aromatic heterocycles. The van der Waals surface area contributed by atoms with Crippen LogP contribution in [-0.2, 0) is 11.3 Å². The SMILES string of the molecule is CC1CN(Cc2cccc(NC3CCN(C)CC3C)c2)CC(C)O1. The fraction of sp³-hybridized carbons (Fsp3) is 0.700. The number of morpholine rings is 1. The molecular formula is C20H33N3O. The van der Waals surface area contributed by atoms with Gasteiger partial charge in [0.2, 0.25) is 0 Å². The molecule has 2 fully saturated rings. The van der Waals surface area contributed by atoms with Gasteiger partial charge in [-0.2, -0.15) is 0 Å². The molecule has 2 saturated heterocycles. The predicted octanol–water partition coefficient (Wildman–Crippen LogP) is 3.05. The predicted molar refractivity (Wildman–Crippen MR) is 100 cm³/mol. The molecule has 2 heterocycles. The third-order valence-electron chi connectivity index (χ3n) is 5.29. The summed E-state index contributed by atoms with van der Waals surface area (Å²) in [6, 6.07) is 9.55. The number of piperidine rings is 1. The number of benzene rings is 1. The molecule has 4 unspecified atom stereocenters. The quantitative estimate of drug-likeness (QED) is 0.918. The highest BCUT2D eigenvalue weighted by Crippen LogP contribution is 2.22. The largest absolute Gasteiger partial charge is 0.382 e. The van der Waals surface area contributed by atoms with Crippen molar-refractivity contribution in [2.75, 3.05) is 38.5 Å². The third kappa shape index (κ3) is 4.71. The van der Waals surface area contributed by atoms with Crippen LogP contribution in [0.4, 0.5) is 5.69 Å². The van der Waals surface area contributed by atoms with Crippen LogP contribution in [0.25, 0.3) is 0 Å². The average molecular weight is 332 g/mol. The van der Waals surface area contributed by atoms with Crippen molar-refractivity contribution in [1.82, 2.24) is 9.80 Å². The molecule has 0 spiro atoms. The Hall–Kier alpha value is -1.10. The minimum atomic E-state index is 0.329. The summed E-state index contributed by atoms with van der Waals surface area (Å²) in [5.74, 6) is 0.688. The lowest BCUT2D eigenvalue weighted by molar-refractivity contribution is -0.0704. The van der Waals surface area contributed by atoms with E-state index in [1.165, 1.54) is 30.8 Å². The number of nitrogens with zero attached hydrogens (tertiary/aromatic N) is 2. The molecule has 4 heteroatoms. The fourth-order valence-electron chi connectivity index (χ4n) is 4.21. The van der Waals surface area contributed by atoms with Crippen molar-refractivity contribution in [3.05, 3.63) is 29.8 Å². The number of hydrogen-bond acceptors (Lipinski definition) is 4. The molecule has 1 aromatic carbocycles. The van der Waals surface area contributed by atoms with Crippen molar-refractivity contribution in [3.63, 3.8) is 0 Å². The molecular weight excluding hydrogens is 298 g/mol. The third-order valence-corrected chi connectivity index (χ3v) is 5.29. The van der Waals surface area contributed by atoms with Gasteiger partial charge in [0.15, 0.2) is 0 Å². The smallest absolute Gasteiger partial charge is 0.0678 e. The van der Waals surface area contributed by atoms with E-state index in [1.807, 2.05) is 0 Å². The van der Waals surface area contributed by atoms with Gasteiger partial charge in [-0.1, -0.05) is 19.1 Å². The summed E-state index contributed by atoms with van der Waals surface area (Å²) in [6.07, 6.45) is 1.88. The lowest BCUT2D eigenvalue weighted by atomic mass is 9.94. The summed E-state index contributed by atoms with van der Waals surface area (Å²) in [5.41, 5.74) is 2.66. The van der Waals surface area contributed by atoms with Gasteiger partial charge in [-0.05, 0) is 57.5 Å². The lowest BCUT2D eigenvalue weighted by Gasteiger charge is -2.36. The molecule has 4 atom stereocenters. The van der Waals surface area contributed by atoms with Gasteiger partial charge in [0.05, 0.1) is 12.2 Å². The van der Waals surface area contributed by atoms with Gasteiger partial charge in [0.25, 0.3) is 0 Å². The van der Waals surface area contributed by atoms with Crippen LogP contribution in [0.3, 0.4) is 0 Å². The molecule has 0 amide bonds. The summed E-state index contributed by atoms with van der Waals surface area (Å²) < 4.78 is 5.84. The standard InChI is InChI=1S/C20H33N3O/c1-15-11-22(4)9-8-20(15)21-19-7-5-6-18(10-19)14-23-12-16(2)24-17(3)13-23/h5-7,10,15-17,20-21H,8-9,11-14H2,1-4H3. The number of likely N-dealkylation sites (tertiary alicyclic amines) is 1. The van der Waals surface area contributed by atoms with Gasteiger partial charge in [-0.25, -0.2) is 0 Å². The van der Waals surface area contributed by atoms with E-state index in [9.17, 15) is 0 Å². The average Bonchev–Trinajstić information content (AvgIpc) is 2.49. The number of nitrogens with one attached hydrogen (secondary N) is 1. The Balaban J connectivity index is 1.60. The van der Waals surface area contributed by atoms with Crippen molar-refractivity contribution in [2.24, 2.45) is 5.92 Å². The lowest BCUT2D eigenvalue weighted by Crippen LogP contribution is -2.44. The molecule has 0 saturated carbocycles. The molecule has 1 N–H and O–H groups in total. The van der Waals surface area contributed by atoms with E-state index in [4.69, 9.17) is 4.74 Å². The first-order valence-corrected chi connectivity index (χ1v) is 9.41. The molecule has 0 aliphatic carbocycles. The van der Waals surface area contributed by atoms with Crippen LogP contribution in [0.2, 0.25) is 0 Å². The van der Waals surface area contributed by atoms with Crippen LogP contribution in [0.15, 0.2) is 24.3 Å². The Labute approximate surface area is 147 Å². The Bertz CT molecular complexity index is 525. The normalized spacial score (nSPS) is 32.7. The van der Waals surface area contributed by atoms with E-state index in [0.29, 0.717) is 24.2 Å². The number of rotatable bonds is 4. The maximum absolute atomic E-state index is 5.84. The van der Waals surface area contributed by atoms with E-state index in [1.54, 1.807) is 0 Å². The molecule has 0 bridgehead atoms. The summed E-state index contributed by atoms with van der Waals surface area (Å²) in [5, 5.41) is 3.78. The zero-order valence-corrected chi connectivity index (χ0v) is 15.7. The minimum Gasteiger partial charge on any atom is -0.382 e. The van der Waals surface area contributed by atoms with Crippen LogP contribution < -0.4 is 5.32 Å². The van der Waals surface area contributed by atoms with Gasteiger partial charge < -0.3 is 15.0 Å². The summed E-state index contributed by atoms with van der Waals surface area (Å²) in [4.78, 5) is 4.94. The first kappa shape index (κ1) is 17.7. The summed E-state index contributed by atoms with van der Waals surface area (Å²) in [7, 11) is 2.22. The second-order valence-corrected chi connectivity index (χ2v) is 7.93. The van der Waals surface area contributed by atoms with E-state index >= 15 is 0 Å². The Kier molecular flexibility index (Phi) is 5.80. The van der Waals surface area contributed by atoms with Gasteiger partial charge in [0.1, 0.15) is 0 Å². The van der Waals surface area contributed by atoms with Crippen molar-refractivity contribution >= 4 is 5.69 Å². The van der Waals surface area contributed by atoms with E-state index in [-0.39, 0.29) is 0 Å². The summed E-state index contributed by atoms with van der Waals surface area (Å²) >= 11 is 0. The van der Waals surface area contributed by atoms with Crippen molar-refractivity contribution in [1.29, 1.82) is 0 Å². The Morgan fingerprint density at radius 1 is 1.12 bits per heavy atom. The van der Waals surface area contributed by atoms with Gasteiger partial charge in [-0.3, -0.25) is 4.90 Å². The molecule has 24 heavy (non-hydrogen) atoms. The second kappa shape index (κ2) is 7.85. The first-order valence-electron chi connectivity index (χ1n) is 9.41. The molecule has 3 rings (SSSR count). The van der Waals surface area contributed by atoms with Crippen LogP contribution >= 0.6 is 0 Å². The first-order chi connectivity index (χ1) is 11.5. The van der Waals surface area contributed by atoms with Crippen molar-refractivity contribution in [2.45, 2.75) is 52.0 Å². The van der Waals surface area contributed by atoms with Crippen molar-refractivity contribution in [3.8, 4) is 0 Å². The number of anilines is 1. The Morgan fingerprint density at radius 2 is 1.88 bits per heavy atom. The number of hydrogen-bond donors (Lipinski definition) is 1. The summed E-state index contributed by atoms with van der Waals surface area (Å²) in [6.45, 7) is 12.1. The second-order valence-electron chi connectivity index (χ2n) is 7.93. The maximum atomic E-state index is 5.84. The van der Waals surface area contributed by atoms with E-state index in [0.717, 1.165) is 19.6 Å². The Morgan fingerprint density at radius 3 is 2.58 bits per heavy atom. The topological polar surface area (TPSA) is 27.7 Å². The van der Waals surface area contributed by atoms with Gasteiger partial charge in [0, 0.05) is 37.9 Å². The zero-order chi connectivity index (χ0) is 17.1. The molecule has 4 nitrogen and oxygen atoms in total. The van der Waals surface area contributed by atoms with Crippen LogP contribution in [0.1, 0.15) is 32.8 Å². The fourth-order valence-corrected chi connectivity index (χ4v) is 4.21. The van der Waals surface area contributed by atoms with Gasteiger partial charge >= 0.3 is 0 Å². The van der Waals surface area contributed by atoms with E-state index < -0.39 is 0 Å². The zero-order valence-electron chi connectivity index (χ0n) is 15.7. The molecule has 134 valence electrons. The highest BCUT2D eigenvalue weighted by atomic mass is 16.5. The van der Waals surface area contributed by atoms with Gasteiger partial charge in [-0.15, -0.1) is 0 Å². The van der Waals surface area contributed by atoms with E-state index in [2.05, 4.69) is 67.2 Å². The molecule has 2 aliphatic heterocycles. The maximum Gasteiger partial charge on any atom is 0.0678 e. The minimum absolute atomic E-state index is 0.329. The number of ether oxygens (including phenoxy) is 1. The van der Waals surface area contributed by atoms with Crippen molar-refractivity contribution < 1.29 is 4.74 Å². The monoisotopic (exact) mass is 331 g/mol.